The average Bonchev–Trinajstić information content (AvgIpc) is 2.79. The van der Waals surface area contributed by atoms with E-state index in [1.54, 1.807) is 24.3 Å². The van der Waals surface area contributed by atoms with E-state index in [9.17, 15) is 9.59 Å². The minimum atomic E-state index is -0.287. The smallest absolute Gasteiger partial charge is 0.257 e. The Hall–Kier alpha value is -3.13. The van der Waals surface area contributed by atoms with Crippen molar-refractivity contribution >= 4 is 40.5 Å². The third-order valence-corrected chi connectivity index (χ3v) is 5.29. The monoisotopic (exact) mass is 440 g/mol. The molecule has 0 aliphatic carbocycles. The maximum Gasteiger partial charge on any atom is 0.257 e. The number of carbonyl (C=O) groups is 2. The molecule has 8 heteroatoms. The molecule has 0 aromatic heterocycles. The van der Waals surface area contributed by atoms with Crippen LogP contribution in [0.4, 0.5) is 11.4 Å². The summed E-state index contributed by atoms with van der Waals surface area (Å²) in [7, 11) is 0. The molecule has 2 aromatic carbocycles. The molecule has 1 aliphatic heterocycles. The Morgan fingerprint density at radius 3 is 2.32 bits per heavy atom. The van der Waals surface area contributed by atoms with Gasteiger partial charge < -0.3 is 19.9 Å². The van der Waals surface area contributed by atoms with Crippen LogP contribution in [0.25, 0.3) is 0 Å². The minimum Gasteiger partial charge on any atom is -0.494 e. The second-order valence-corrected chi connectivity index (χ2v) is 7.51. The molecule has 0 spiro atoms. The summed E-state index contributed by atoms with van der Waals surface area (Å²) < 4.78 is 5.40. The van der Waals surface area contributed by atoms with Crippen molar-refractivity contribution in [3.63, 3.8) is 0 Å². The Labute approximate surface area is 188 Å². The van der Waals surface area contributed by atoms with E-state index in [4.69, 9.17) is 17.0 Å². The molecule has 7 nitrogen and oxygen atoms in total. The number of hydrogen-bond donors (Lipinski definition) is 2. The Balaban J connectivity index is 1.61. The Morgan fingerprint density at radius 1 is 1.00 bits per heavy atom. The highest BCUT2D eigenvalue weighted by Gasteiger charge is 2.22. The van der Waals surface area contributed by atoms with Gasteiger partial charge in [-0.1, -0.05) is 19.1 Å². The lowest BCUT2D eigenvalue weighted by Crippen LogP contribution is -2.48. The highest BCUT2D eigenvalue weighted by molar-refractivity contribution is 7.80. The lowest BCUT2D eigenvalue weighted by atomic mass is 10.2. The average molecular weight is 441 g/mol. The molecule has 1 aliphatic rings. The number of ether oxygens (including phenoxy) is 1. The fraction of sp³-hybridized carbons (Fsp3) is 0.348. The number of para-hydroxylation sites is 2. The predicted octanol–water partition coefficient (Wildman–Crippen LogP) is 3.27. The first-order chi connectivity index (χ1) is 15.0. The molecule has 2 aromatic rings. The first kappa shape index (κ1) is 22.6. The molecule has 0 radical (unpaired) electrons. The summed E-state index contributed by atoms with van der Waals surface area (Å²) in [4.78, 5) is 28.5. The van der Waals surface area contributed by atoms with Crippen LogP contribution < -0.4 is 20.3 Å². The van der Waals surface area contributed by atoms with E-state index in [0.29, 0.717) is 31.7 Å². The molecule has 1 saturated heterocycles. The van der Waals surface area contributed by atoms with E-state index in [0.717, 1.165) is 30.2 Å². The number of benzene rings is 2. The predicted molar refractivity (Wildman–Crippen MR) is 127 cm³/mol. The first-order valence-electron chi connectivity index (χ1n) is 10.5. The van der Waals surface area contributed by atoms with Crippen LogP contribution in [-0.4, -0.2) is 54.6 Å². The highest BCUT2D eigenvalue weighted by Crippen LogP contribution is 2.26. The lowest BCUT2D eigenvalue weighted by molar-refractivity contribution is -0.131. The third-order valence-electron chi connectivity index (χ3n) is 5.08. The number of thiocarbonyl (C=S) groups is 1. The van der Waals surface area contributed by atoms with Crippen LogP contribution in [0.1, 0.15) is 30.6 Å². The van der Waals surface area contributed by atoms with Gasteiger partial charge >= 0.3 is 0 Å². The molecule has 164 valence electrons. The van der Waals surface area contributed by atoms with Crippen molar-refractivity contribution in [1.82, 2.24) is 10.2 Å². The van der Waals surface area contributed by atoms with Gasteiger partial charge in [0.25, 0.3) is 5.91 Å². The van der Waals surface area contributed by atoms with Gasteiger partial charge in [0.2, 0.25) is 5.91 Å². The van der Waals surface area contributed by atoms with E-state index >= 15 is 0 Å². The summed E-state index contributed by atoms with van der Waals surface area (Å²) in [6.45, 7) is 7.25. The van der Waals surface area contributed by atoms with Crippen LogP contribution in [0, 0.1) is 0 Å². The maximum atomic E-state index is 12.5. The zero-order valence-corrected chi connectivity index (χ0v) is 18.7. The quantitative estimate of drug-likeness (QED) is 0.672. The van der Waals surface area contributed by atoms with Crippen molar-refractivity contribution in [3.8, 4) is 5.75 Å². The minimum absolute atomic E-state index is 0.184. The van der Waals surface area contributed by atoms with E-state index < -0.39 is 0 Å². The number of piperazine rings is 1. The van der Waals surface area contributed by atoms with Crippen molar-refractivity contribution < 1.29 is 14.3 Å². The van der Waals surface area contributed by atoms with Gasteiger partial charge in [-0.2, -0.15) is 0 Å². The SMILES string of the molecule is CCOc1ccc(C(=O)NC(=S)Nc2ccccc2N2CCN(C(=O)CC)CC2)cc1. The largest absolute Gasteiger partial charge is 0.494 e. The molecule has 1 fully saturated rings. The lowest BCUT2D eigenvalue weighted by Gasteiger charge is -2.37. The summed E-state index contributed by atoms with van der Waals surface area (Å²) in [5.41, 5.74) is 2.30. The van der Waals surface area contributed by atoms with Gasteiger partial charge in [-0.15, -0.1) is 0 Å². The number of carbonyl (C=O) groups excluding carboxylic acids is 2. The van der Waals surface area contributed by atoms with Gasteiger partial charge in [0.1, 0.15) is 5.75 Å². The molecule has 0 saturated carbocycles. The van der Waals surface area contributed by atoms with Gasteiger partial charge in [0, 0.05) is 38.2 Å². The second kappa shape index (κ2) is 10.8. The van der Waals surface area contributed by atoms with Crippen molar-refractivity contribution in [3.05, 3.63) is 54.1 Å². The molecular formula is C23H28N4O3S. The van der Waals surface area contributed by atoms with Crippen molar-refractivity contribution in [2.75, 3.05) is 43.0 Å². The number of amides is 2. The number of nitrogens with zero attached hydrogens (tertiary/aromatic N) is 2. The van der Waals surface area contributed by atoms with Gasteiger partial charge in [-0.25, -0.2) is 0 Å². The zero-order valence-electron chi connectivity index (χ0n) is 17.9. The van der Waals surface area contributed by atoms with Gasteiger partial charge in [0.15, 0.2) is 5.11 Å². The molecule has 2 N–H and O–H groups in total. The summed E-state index contributed by atoms with van der Waals surface area (Å²) in [5.74, 6) is 0.614. The van der Waals surface area contributed by atoms with E-state index in [1.165, 1.54) is 0 Å². The first-order valence-corrected chi connectivity index (χ1v) is 10.9. The van der Waals surface area contributed by atoms with Crippen LogP contribution in [0.5, 0.6) is 5.75 Å². The summed E-state index contributed by atoms with van der Waals surface area (Å²) >= 11 is 5.37. The Kier molecular flexibility index (Phi) is 7.83. The normalized spacial score (nSPS) is 13.5. The maximum absolute atomic E-state index is 12.5. The highest BCUT2D eigenvalue weighted by atomic mass is 32.1. The molecular weight excluding hydrogens is 412 g/mol. The van der Waals surface area contributed by atoms with Gasteiger partial charge in [-0.05, 0) is 55.5 Å². The fourth-order valence-corrected chi connectivity index (χ4v) is 3.68. The van der Waals surface area contributed by atoms with Crippen LogP contribution in [0.15, 0.2) is 48.5 Å². The van der Waals surface area contributed by atoms with Gasteiger partial charge in [0.05, 0.1) is 18.0 Å². The summed E-state index contributed by atoms with van der Waals surface area (Å²) in [6, 6.07) is 14.7. The van der Waals surface area contributed by atoms with Gasteiger partial charge in [-0.3, -0.25) is 14.9 Å². The molecule has 0 atom stereocenters. The summed E-state index contributed by atoms with van der Waals surface area (Å²) in [6.07, 6.45) is 0.528. The van der Waals surface area contributed by atoms with Crippen molar-refractivity contribution in [2.45, 2.75) is 20.3 Å². The molecule has 1 heterocycles. The molecule has 0 bridgehead atoms. The number of anilines is 2. The van der Waals surface area contributed by atoms with Crippen LogP contribution in [0.3, 0.4) is 0 Å². The van der Waals surface area contributed by atoms with E-state index in [-0.39, 0.29) is 16.9 Å². The Bertz CT molecular complexity index is 925. The van der Waals surface area contributed by atoms with Crippen LogP contribution >= 0.6 is 12.2 Å². The fourth-order valence-electron chi connectivity index (χ4n) is 3.47. The number of rotatable bonds is 6. The van der Waals surface area contributed by atoms with E-state index in [2.05, 4.69) is 15.5 Å². The molecule has 31 heavy (non-hydrogen) atoms. The standard InChI is InChI=1S/C23H28N4O3S/c1-3-21(28)27-15-13-26(14-16-27)20-8-6-5-7-19(20)24-23(31)25-22(29)17-9-11-18(12-10-17)30-4-2/h5-12H,3-4,13-16H2,1-2H3,(H2,24,25,29,31). The van der Waals surface area contributed by atoms with E-state index in [1.807, 2.05) is 43.0 Å². The molecule has 2 amide bonds. The summed E-state index contributed by atoms with van der Waals surface area (Å²) in [5, 5.41) is 6.09. The van der Waals surface area contributed by atoms with Crippen LogP contribution in [-0.2, 0) is 4.79 Å². The second-order valence-electron chi connectivity index (χ2n) is 7.10. The molecule has 3 rings (SSSR count). The van der Waals surface area contributed by atoms with Crippen molar-refractivity contribution in [2.24, 2.45) is 0 Å². The zero-order chi connectivity index (χ0) is 22.2. The number of hydrogen-bond acceptors (Lipinski definition) is 5. The van der Waals surface area contributed by atoms with Crippen LogP contribution in [0.2, 0.25) is 0 Å². The topological polar surface area (TPSA) is 73.9 Å². The molecule has 0 unspecified atom stereocenters. The third kappa shape index (κ3) is 5.95. The Morgan fingerprint density at radius 2 is 1.68 bits per heavy atom. The van der Waals surface area contributed by atoms with Crippen molar-refractivity contribution in [1.29, 1.82) is 0 Å². The number of nitrogens with one attached hydrogen (secondary N) is 2.